The number of aromatic hydroxyl groups is 1. The number of rotatable bonds is 5. The fourth-order valence-corrected chi connectivity index (χ4v) is 2.38. The third-order valence-electron chi connectivity index (χ3n) is 3.55. The summed E-state index contributed by atoms with van der Waals surface area (Å²) in [5.74, 6) is -3.11. The first-order valence-corrected chi connectivity index (χ1v) is 7.16. The minimum absolute atomic E-state index is 0.0350. The maximum absolute atomic E-state index is 12.6. The number of likely N-dealkylation sites (N-methyl/N-ethyl adjacent to an activating group) is 1. The molecule has 24 heavy (non-hydrogen) atoms. The molecule has 0 saturated carbocycles. The van der Waals surface area contributed by atoms with E-state index in [9.17, 15) is 29.7 Å². The van der Waals surface area contributed by atoms with Gasteiger partial charge in [-0.15, -0.1) is 0 Å². The second kappa shape index (κ2) is 6.95. The molecule has 0 saturated heterocycles. The molecule has 8 nitrogen and oxygen atoms in total. The van der Waals surface area contributed by atoms with Gasteiger partial charge >= 0.3 is 5.97 Å². The fraction of sp³-hybridized carbons (Fsp3) is 0.250. The SMILES string of the molecule is CCN(C(=O)C1=CN=C(O)CC1=O)C(C(=O)O)c1ccc(O)cc1. The van der Waals surface area contributed by atoms with Crippen molar-refractivity contribution in [3.8, 4) is 5.75 Å². The van der Waals surface area contributed by atoms with Crippen LogP contribution in [0.1, 0.15) is 24.9 Å². The Bertz CT molecular complexity index is 735. The Morgan fingerprint density at radius 3 is 2.38 bits per heavy atom. The first-order chi connectivity index (χ1) is 11.3. The average molecular weight is 332 g/mol. The lowest BCUT2D eigenvalue weighted by atomic mass is 10.0. The second-order valence-corrected chi connectivity index (χ2v) is 5.11. The van der Waals surface area contributed by atoms with Crippen molar-refractivity contribution in [1.29, 1.82) is 0 Å². The highest BCUT2D eigenvalue weighted by atomic mass is 16.4. The summed E-state index contributed by atoms with van der Waals surface area (Å²) in [6.07, 6.45) is 0.550. The summed E-state index contributed by atoms with van der Waals surface area (Å²) < 4.78 is 0. The Morgan fingerprint density at radius 2 is 1.88 bits per heavy atom. The third-order valence-corrected chi connectivity index (χ3v) is 3.55. The van der Waals surface area contributed by atoms with E-state index in [1.807, 2.05) is 0 Å². The number of carbonyl (C=O) groups excluding carboxylic acids is 2. The zero-order valence-electron chi connectivity index (χ0n) is 12.8. The number of hydrogen-bond donors (Lipinski definition) is 3. The van der Waals surface area contributed by atoms with Gasteiger partial charge < -0.3 is 20.2 Å². The number of Topliss-reactive ketones (excluding diaryl/α,β-unsaturated/α-hetero) is 1. The number of benzene rings is 1. The maximum atomic E-state index is 12.6. The van der Waals surface area contributed by atoms with E-state index in [2.05, 4.69) is 4.99 Å². The van der Waals surface area contributed by atoms with Crippen LogP contribution in [-0.4, -0.2) is 50.3 Å². The number of nitrogens with zero attached hydrogens (tertiary/aromatic N) is 2. The normalized spacial score (nSPS) is 15.3. The average Bonchev–Trinajstić information content (AvgIpc) is 2.52. The van der Waals surface area contributed by atoms with E-state index >= 15 is 0 Å². The number of phenols is 1. The number of carboxylic acid groups (broad SMARTS) is 1. The van der Waals surface area contributed by atoms with Gasteiger partial charge in [-0.3, -0.25) is 9.59 Å². The monoisotopic (exact) mass is 332 g/mol. The van der Waals surface area contributed by atoms with Crippen LogP contribution in [0, 0.1) is 0 Å². The van der Waals surface area contributed by atoms with Gasteiger partial charge in [0.05, 0.1) is 6.42 Å². The van der Waals surface area contributed by atoms with E-state index in [0.29, 0.717) is 0 Å². The predicted octanol–water partition coefficient (Wildman–Crippen LogP) is 1.18. The molecular formula is C16H16N2O6. The largest absolute Gasteiger partial charge is 0.508 e. The Labute approximate surface area is 137 Å². The van der Waals surface area contributed by atoms with Crippen LogP contribution in [0.25, 0.3) is 0 Å². The number of carboxylic acids is 1. The lowest BCUT2D eigenvalue weighted by Crippen LogP contribution is -2.41. The highest BCUT2D eigenvalue weighted by Crippen LogP contribution is 2.25. The molecule has 1 heterocycles. The van der Waals surface area contributed by atoms with Gasteiger partial charge in [-0.05, 0) is 24.6 Å². The third kappa shape index (κ3) is 3.43. The lowest BCUT2D eigenvalue weighted by Gasteiger charge is -2.29. The second-order valence-electron chi connectivity index (χ2n) is 5.11. The Kier molecular flexibility index (Phi) is 4.98. The van der Waals surface area contributed by atoms with Crippen molar-refractivity contribution >= 4 is 23.6 Å². The first-order valence-electron chi connectivity index (χ1n) is 7.16. The molecule has 1 unspecified atom stereocenters. The molecule has 0 bridgehead atoms. The number of hydrogen-bond acceptors (Lipinski definition) is 5. The van der Waals surface area contributed by atoms with Gasteiger partial charge in [0, 0.05) is 12.7 Å². The molecule has 2 rings (SSSR count). The highest BCUT2D eigenvalue weighted by molar-refractivity contribution is 6.24. The molecule has 1 aliphatic rings. The molecule has 1 atom stereocenters. The van der Waals surface area contributed by atoms with Crippen molar-refractivity contribution in [1.82, 2.24) is 4.90 Å². The molecule has 0 radical (unpaired) electrons. The molecular weight excluding hydrogens is 316 g/mol. The Morgan fingerprint density at radius 1 is 1.25 bits per heavy atom. The number of phenolic OH excluding ortho intramolecular Hbond substituents is 1. The van der Waals surface area contributed by atoms with Crippen LogP contribution in [0.15, 0.2) is 41.0 Å². The molecule has 126 valence electrons. The number of aliphatic hydroxyl groups excluding tert-OH is 1. The van der Waals surface area contributed by atoms with E-state index < -0.39 is 36.0 Å². The van der Waals surface area contributed by atoms with Gasteiger partial charge in [-0.2, -0.15) is 0 Å². The minimum Gasteiger partial charge on any atom is -0.508 e. The summed E-state index contributed by atoms with van der Waals surface area (Å²) in [7, 11) is 0. The molecule has 0 fully saturated rings. The smallest absolute Gasteiger partial charge is 0.331 e. The standard InChI is InChI=1S/C16H16N2O6/c1-2-18(15(22)11-8-17-13(21)7-12(11)20)14(16(23)24)9-3-5-10(19)6-4-9/h3-6,8,14,19H,2,7H2,1H3,(H,17,21)(H,23,24). The van der Waals surface area contributed by atoms with Crippen molar-refractivity contribution in [2.75, 3.05) is 6.54 Å². The van der Waals surface area contributed by atoms with Gasteiger partial charge in [0.1, 0.15) is 11.3 Å². The molecule has 1 aliphatic heterocycles. The Balaban J connectivity index is 2.40. The quantitative estimate of drug-likeness (QED) is 0.695. The van der Waals surface area contributed by atoms with Crippen LogP contribution in [0.4, 0.5) is 0 Å². The maximum Gasteiger partial charge on any atom is 0.331 e. The number of ketones is 1. The summed E-state index contributed by atoms with van der Waals surface area (Å²) in [5, 5.41) is 28.1. The van der Waals surface area contributed by atoms with Gasteiger partial charge in [0.15, 0.2) is 17.7 Å². The van der Waals surface area contributed by atoms with Crippen LogP contribution >= 0.6 is 0 Å². The van der Waals surface area contributed by atoms with Gasteiger partial charge in [0.25, 0.3) is 5.91 Å². The zero-order chi connectivity index (χ0) is 17.9. The topological polar surface area (TPSA) is 128 Å². The summed E-state index contributed by atoms with van der Waals surface area (Å²) >= 11 is 0. The number of aliphatic hydroxyl groups is 1. The summed E-state index contributed by atoms with van der Waals surface area (Å²) in [6, 6.07) is 4.10. The van der Waals surface area contributed by atoms with Crippen molar-refractivity contribution in [2.45, 2.75) is 19.4 Å². The van der Waals surface area contributed by atoms with E-state index in [0.717, 1.165) is 11.1 Å². The van der Waals surface area contributed by atoms with E-state index in [4.69, 9.17) is 0 Å². The van der Waals surface area contributed by atoms with Gasteiger partial charge in [-0.25, -0.2) is 9.79 Å². The van der Waals surface area contributed by atoms with E-state index in [1.54, 1.807) is 6.92 Å². The van der Waals surface area contributed by atoms with Crippen molar-refractivity contribution < 1.29 is 29.7 Å². The summed E-state index contributed by atoms with van der Waals surface area (Å²) in [4.78, 5) is 40.8. The highest BCUT2D eigenvalue weighted by Gasteiger charge is 2.34. The lowest BCUT2D eigenvalue weighted by molar-refractivity contribution is -0.149. The number of aliphatic imine (C=N–C) groups is 1. The van der Waals surface area contributed by atoms with Crippen molar-refractivity contribution in [2.24, 2.45) is 4.99 Å². The molecule has 0 aromatic heterocycles. The zero-order valence-corrected chi connectivity index (χ0v) is 12.8. The summed E-state index contributed by atoms with van der Waals surface area (Å²) in [5.41, 5.74) is 0.00499. The van der Waals surface area contributed by atoms with Crippen LogP contribution < -0.4 is 0 Å². The number of aliphatic carboxylic acids is 1. The van der Waals surface area contributed by atoms with E-state index in [1.165, 1.54) is 24.3 Å². The molecule has 1 aromatic carbocycles. The number of carbonyl (C=O) groups is 3. The van der Waals surface area contributed by atoms with Crippen LogP contribution in [0.2, 0.25) is 0 Å². The van der Waals surface area contributed by atoms with Gasteiger partial charge in [0.2, 0.25) is 0 Å². The molecule has 1 aromatic rings. The molecule has 0 aliphatic carbocycles. The molecule has 8 heteroatoms. The predicted molar refractivity (Wildman–Crippen MR) is 83.6 cm³/mol. The number of amides is 1. The van der Waals surface area contributed by atoms with Crippen LogP contribution in [0.5, 0.6) is 5.75 Å². The van der Waals surface area contributed by atoms with Crippen LogP contribution in [0.3, 0.4) is 0 Å². The fourth-order valence-electron chi connectivity index (χ4n) is 2.38. The van der Waals surface area contributed by atoms with Crippen LogP contribution in [-0.2, 0) is 14.4 Å². The summed E-state index contributed by atoms with van der Waals surface area (Å²) in [6.45, 7) is 1.62. The van der Waals surface area contributed by atoms with Crippen molar-refractivity contribution in [3.63, 3.8) is 0 Å². The Hall–Kier alpha value is -3.16. The molecule has 1 amide bonds. The van der Waals surface area contributed by atoms with Crippen molar-refractivity contribution in [3.05, 3.63) is 41.6 Å². The van der Waals surface area contributed by atoms with Gasteiger partial charge in [-0.1, -0.05) is 12.1 Å². The molecule has 0 spiro atoms. The minimum atomic E-state index is -1.32. The first kappa shape index (κ1) is 17.2. The van der Waals surface area contributed by atoms with E-state index in [-0.39, 0.29) is 23.4 Å². The molecule has 3 N–H and O–H groups in total.